The Balaban J connectivity index is 2.45. The molecule has 2 aromatic rings. The minimum atomic E-state index is -0.404. The third kappa shape index (κ3) is 1.95. The fourth-order valence-corrected chi connectivity index (χ4v) is 2.13. The maximum atomic E-state index is 11.4. The molecule has 0 radical (unpaired) electrons. The summed E-state index contributed by atoms with van der Waals surface area (Å²) in [7, 11) is 1.35. The van der Waals surface area contributed by atoms with E-state index in [-0.39, 0.29) is 0 Å². The molecule has 1 aromatic heterocycles. The number of nitrogens with zero attached hydrogens (tertiary/aromatic N) is 1. The molecule has 4 nitrogen and oxygen atoms in total. The second kappa shape index (κ2) is 4.65. The molecule has 0 unspecified atom stereocenters. The van der Waals surface area contributed by atoms with Crippen LogP contribution >= 0.6 is 22.6 Å². The number of halogens is 1. The van der Waals surface area contributed by atoms with Crippen molar-refractivity contribution in [2.45, 2.75) is 0 Å². The molecule has 0 saturated heterocycles. The average Bonchev–Trinajstić information content (AvgIpc) is 2.71. The third-order valence-corrected chi connectivity index (χ3v) is 3.19. The van der Waals surface area contributed by atoms with E-state index in [4.69, 9.17) is 0 Å². The van der Waals surface area contributed by atoms with E-state index in [9.17, 15) is 4.79 Å². The molecule has 0 bridgehead atoms. The number of nitrogens with one attached hydrogen (secondary N) is 1. The van der Waals surface area contributed by atoms with Gasteiger partial charge in [-0.25, -0.2) is 4.79 Å². The van der Waals surface area contributed by atoms with Gasteiger partial charge in [0.15, 0.2) is 5.69 Å². The summed E-state index contributed by atoms with van der Waals surface area (Å²) in [6.07, 6.45) is 0. The molecule has 1 heterocycles. The highest BCUT2D eigenvalue weighted by atomic mass is 127. The highest BCUT2D eigenvalue weighted by molar-refractivity contribution is 14.1. The molecule has 0 saturated carbocycles. The van der Waals surface area contributed by atoms with Crippen molar-refractivity contribution in [1.82, 2.24) is 10.2 Å². The van der Waals surface area contributed by atoms with Crippen molar-refractivity contribution in [3.8, 4) is 11.3 Å². The smallest absolute Gasteiger partial charge is 0.357 e. The summed E-state index contributed by atoms with van der Waals surface area (Å²) < 4.78 is 5.43. The Morgan fingerprint density at radius 1 is 1.38 bits per heavy atom. The van der Waals surface area contributed by atoms with Crippen LogP contribution in [0.2, 0.25) is 0 Å². The van der Waals surface area contributed by atoms with Crippen LogP contribution in [-0.4, -0.2) is 23.3 Å². The number of aromatic amines is 1. The highest BCUT2D eigenvalue weighted by Gasteiger charge is 2.18. The van der Waals surface area contributed by atoms with Crippen molar-refractivity contribution in [1.29, 1.82) is 0 Å². The zero-order chi connectivity index (χ0) is 11.5. The number of aromatic nitrogens is 2. The van der Waals surface area contributed by atoms with Gasteiger partial charge in [-0.2, -0.15) is 5.10 Å². The Morgan fingerprint density at radius 3 is 2.69 bits per heavy atom. The first-order chi connectivity index (χ1) is 7.74. The summed E-state index contributed by atoms with van der Waals surface area (Å²) in [6, 6.07) is 9.68. The standard InChI is InChI=1S/C11H9IN2O2/c1-16-11(15)10-8(12)9(13-14-10)7-5-3-2-4-6-7/h2-6H,1H3,(H,13,14). The summed E-state index contributed by atoms with van der Waals surface area (Å²) >= 11 is 2.08. The zero-order valence-corrected chi connectivity index (χ0v) is 10.7. The molecule has 0 aliphatic carbocycles. The lowest BCUT2D eigenvalue weighted by Gasteiger charge is -1.97. The van der Waals surface area contributed by atoms with Crippen LogP contribution in [0.15, 0.2) is 30.3 Å². The van der Waals surface area contributed by atoms with Crippen LogP contribution in [0.3, 0.4) is 0 Å². The lowest BCUT2D eigenvalue weighted by Crippen LogP contribution is -2.03. The second-order valence-electron chi connectivity index (χ2n) is 3.12. The molecule has 16 heavy (non-hydrogen) atoms. The molecule has 5 heteroatoms. The lowest BCUT2D eigenvalue weighted by molar-refractivity contribution is 0.0593. The molecule has 2 rings (SSSR count). The predicted molar refractivity (Wildman–Crippen MR) is 68.1 cm³/mol. The Morgan fingerprint density at radius 2 is 2.06 bits per heavy atom. The quantitative estimate of drug-likeness (QED) is 0.681. The molecule has 0 aliphatic heterocycles. The van der Waals surface area contributed by atoms with Crippen LogP contribution in [-0.2, 0) is 4.74 Å². The van der Waals surface area contributed by atoms with Crippen molar-refractivity contribution in [3.63, 3.8) is 0 Å². The van der Waals surface area contributed by atoms with E-state index in [1.807, 2.05) is 30.3 Å². The topological polar surface area (TPSA) is 55.0 Å². The normalized spacial score (nSPS) is 10.1. The Bertz CT molecular complexity index is 508. The number of hydrogen-bond acceptors (Lipinski definition) is 3. The highest BCUT2D eigenvalue weighted by Crippen LogP contribution is 2.25. The summed E-state index contributed by atoms with van der Waals surface area (Å²) in [4.78, 5) is 11.4. The molecule has 0 amide bonds. The van der Waals surface area contributed by atoms with Gasteiger partial charge in [-0.05, 0) is 22.6 Å². The fourth-order valence-electron chi connectivity index (χ4n) is 1.35. The van der Waals surface area contributed by atoms with Gasteiger partial charge in [-0.3, -0.25) is 5.10 Å². The van der Waals surface area contributed by atoms with Gasteiger partial charge in [0.05, 0.1) is 10.7 Å². The maximum Gasteiger partial charge on any atom is 0.357 e. The molecule has 82 valence electrons. The summed E-state index contributed by atoms with van der Waals surface area (Å²) in [5, 5.41) is 6.81. The predicted octanol–water partition coefficient (Wildman–Crippen LogP) is 2.47. The number of rotatable bonds is 2. The molecular formula is C11H9IN2O2. The van der Waals surface area contributed by atoms with Crippen LogP contribution in [0.25, 0.3) is 11.3 Å². The number of ether oxygens (including phenoxy) is 1. The molecule has 0 aliphatic rings. The largest absolute Gasteiger partial charge is 0.464 e. The first-order valence-electron chi connectivity index (χ1n) is 4.61. The van der Waals surface area contributed by atoms with Gasteiger partial charge in [0.1, 0.15) is 5.69 Å². The first kappa shape index (κ1) is 11.1. The van der Waals surface area contributed by atoms with Crippen LogP contribution < -0.4 is 0 Å². The van der Waals surface area contributed by atoms with Gasteiger partial charge in [0.25, 0.3) is 0 Å². The van der Waals surface area contributed by atoms with Gasteiger partial charge >= 0.3 is 5.97 Å². The van der Waals surface area contributed by atoms with E-state index in [0.29, 0.717) is 5.69 Å². The van der Waals surface area contributed by atoms with E-state index in [1.54, 1.807) is 0 Å². The van der Waals surface area contributed by atoms with Gasteiger partial charge in [-0.1, -0.05) is 30.3 Å². The number of benzene rings is 1. The fraction of sp³-hybridized carbons (Fsp3) is 0.0909. The Hall–Kier alpha value is -1.37. The van der Waals surface area contributed by atoms with Crippen LogP contribution in [0.4, 0.5) is 0 Å². The van der Waals surface area contributed by atoms with Gasteiger partial charge < -0.3 is 4.74 Å². The van der Waals surface area contributed by atoms with Crippen molar-refractivity contribution < 1.29 is 9.53 Å². The van der Waals surface area contributed by atoms with Crippen LogP contribution in [0, 0.1) is 3.57 Å². The van der Waals surface area contributed by atoms with Crippen molar-refractivity contribution in [3.05, 3.63) is 39.6 Å². The van der Waals surface area contributed by atoms with Crippen molar-refractivity contribution in [2.24, 2.45) is 0 Å². The number of methoxy groups -OCH3 is 1. The van der Waals surface area contributed by atoms with Crippen molar-refractivity contribution >= 4 is 28.6 Å². The second-order valence-corrected chi connectivity index (χ2v) is 4.20. The van der Waals surface area contributed by atoms with E-state index < -0.39 is 5.97 Å². The summed E-state index contributed by atoms with van der Waals surface area (Å²) in [5.41, 5.74) is 2.13. The van der Waals surface area contributed by atoms with Crippen molar-refractivity contribution in [2.75, 3.05) is 7.11 Å². The van der Waals surface area contributed by atoms with E-state index in [1.165, 1.54) is 7.11 Å². The molecule has 1 N–H and O–H groups in total. The minimum absolute atomic E-state index is 0.391. The number of hydrogen-bond donors (Lipinski definition) is 1. The number of carbonyl (C=O) groups excluding carboxylic acids is 1. The van der Waals surface area contributed by atoms with E-state index in [0.717, 1.165) is 14.8 Å². The number of esters is 1. The monoisotopic (exact) mass is 328 g/mol. The SMILES string of the molecule is COC(=O)c1[nH]nc(-c2ccccc2)c1I. The Kier molecular flexibility index (Phi) is 3.23. The third-order valence-electron chi connectivity index (χ3n) is 2.14. The average molecular weight is 328 g/mol. The van der Waals surface area contributed by atoms with E-state index >= 15 is 0 Å². The lowest BCUT2D eigenvalue weighted by atomic mass is 10.1. The molecule has 1 aromatic carbocycles. The zero-order valence-electron chi connectivity index (χ0n) is 8.53. The minimum Gasteiger partial charge on any atom is -0.464 e. The molecule has 0 atom stereocenters. The van der Waals surface area contributed by atoms with Crippen LogP contribution in [0.1, 0.15) is 10.5 Å². The summed E-state index contributed by atoms with van der Waals surface area (Å²) in [6.45, 7) is 0. The van der Waals surface area contributed by atoms with Gasteiger partial charge in [0, 0.05) is 5.56 Å². The van der Waals surface area contributed by atoms with E-state index in [2.05, 4.69) is 37.5 Å². The van der Waals surface area contributed by atoms with Gasteiger partial charge in [0.2, 0.25) is 0 Å². The summed E-state index contributed by atoms with van der Waals surface area (Å²) in [5.74, 6) is -0.404. The van der Waals surface area contributed by atoms with Gasteiger partial charge in [-0.15, -0.1) is 0 Å². The molecule has 0 spiro atoms. The number of carbonyl (C=O) groups is 1. The van der Waals surface area contributed by atoms with Crippen LogP contribution in [0.5, 0.6) is 0 Å². The Labute approximate surface area is 106 Å². The molecular weight excluding hydrogens is 319 g/mol. The maximum absolute atomic E-state index is 11.4. The first-order valence-corrected chi connectivity index (χ1v) is 5.69. The number of H-pyrrole nitrogens is 1. The molecule has 0 fully saturated rings.